The van der Waals surface area contributed by atoms with Crippen LogP contribution >= 0.6 is 0 Å². The van der Waals surface area contributed by atoms with E-state index in [2.05, 4.69) is 33.0 Å². The van der Waals surface area contributed by atoms with E-state index in [4.69, 9.17) is 0 Å². The van der Waals surface area contributed by atoms with E-state index in [0.29, 0.717) is 25.1 Å². The fourth-order valence-electron chi connectivity index (χ4n) is 4.57. The second kappa shape index (κ2) is 13.4. The monoisotopic (exact) mass is 484 g/mol. The molecule has 4 rings (SSSR count). The number of nitrogens with zero attached hydrogens (tertiary/aromatic N) is 1. The van der Waals surface area contributed by atoms with E-state index in [9.17, 15) is 9.59 Å². The summed E-state index contributed by atoms with van der Waals surface area (Å²) in [6.45, 7) is 3.92. The molecule has 0 unspecified atom stereocenters. The minimum Gasteiger partial charge on any atom is -0.354 e. The first-order valence-electron chi connectivity index (χ1n) is 12.9. The molecule has 0 aliphatic carbocycles. The molecule has 1 aliphatic rings. The summed E-state index contributed by atoms with van der Waals surface area (Å²) in [5.74, 6) is -0.137. The topological polar surface area (TPSA) is 73.5 Å². The van der Waals surface area contributed by atoms with Crippen LogP contribution in [0.4, 0.5) is 10.5 Å². The van der Waals surface area contributed by atoms with E-state index in [0.717, 1.165) is 42.7 Å². The van der Waals surface area contributed by atoms with Gasteiger partial charge in [-0.25, -0.2) is 4.79 Å². The van der Waals surface area contributed by atoms with Gasteiger partial charge < -0.3 is 20.9 Å². The number of anilines is 1. The molecule has 3 aromatic rings. The average molecular weight is 485 g/mol. The Morgan fingerprint density at radius 3 is 2.14 bits per heavy atom. The number of rotatable bonds is 11. The van der Waals surface area contributed by atoms with E-state index in [1.165, 1.54) is 12.8 Å². The van der Waals surface area contributed by atoms with Gasteiger partial charge in [-0.3, -0.25) is 4.79 Å². The Morgan fingerprint density at radius 1 is 0.806 bits per heavy atom. The molecule has 0 spiro atoms. The molecule has 1 atom stereocenters. The molecule has 1 fully saturated rings. The van der Waals surface area contributed by atoms with Gasteiger partial charge in [0.25, 0.3) is 0 Å². The molecule has 1 saturated heterocycles. The Labute approximate surface area is 214 Å². The van der Waals surface area contributed by atoms with E-state index in [1.54, 1.807) is 0 Å². The van der Waals surface area contributed by atoms with Crippen LogP contribution in [0.3, 0.4) is 0 Å². The lowest BCUT2D eigenvalue weighted by atomic mass is 10.0. The fourth-order valence-corrected chi connectivity index (χ4v) is 4.57. The van der Waals surface area contributed by atoms with Gasteiger partial charge in [0.15, 0.2) is 0 Å². The van der Waals surface area contributed by atoms with Gasteiger partial charge >= 0.3 is 6.03 Å². The Morgan fingerprint density at radius 2 is 1.44 bits per heavy atom. The van der Waals surface area contributed by atoms with Crippen molar-refractivity contribution in [3.63, 3.8) is 0 Å². The van der Waals surface area contributed by atoms with Gasteiger partial charge in [-0.05, 0) is 80.6 Å². The summed E-state index contributed by atoms with van der Waals surface area (Å²) in [5, 5.41) is 8.79. The van der Waals surface area contributed by atoms with E-state index < -0.39 is 6.04 Å². The van der Waals surface area contributed by atoms with Gasteiger partial charge in [0.2, 0.25) is 5.91 Å². The van der Waals surface area contributed by atoms with Crippen molar-refractivity contribution in [1.82, 2.24) is 15.5 Å². The predicted octanol–water partition coefficient (Wildman–Crippen LogP) is 5.08. The third-order valence-electron chi connectivity index (χ3n) is 6.59. The number of benzene rings is 3. The Balaban J connectivity index is 1.31. The molecule has 188 valence electrons. The first kappa shape index (κ1) is 25.5. The van der Waals surface area contributed by atoms with Gasteiger partial charge in [-0.1, -0.05) is 72.8 Å². The van der Waals surface area contributed by atoms with Crippen molar-refractivity contribution in [2.45, 2.75) is 38.1 Å². The van der Waals surface area contributed by atoms with Crippen LogP contribution in [-0.4, -0.2) is 49.1 Å². The van der Waals surface area contributed by atoms with E-state index in [-0.39, 0.29) is 11.9 Å². The van der Waals surface area contributed by atoms with Crippen LogP contribution in [-0.2, 0) is 11.2 Å². The second-order valence-electron chi connectivity index (χ2n) is 9.31. The van der Waals surface area contributed by atoms with Crippen LogP contribution in [0.2, 0.25) is 0 Å². The van der Waals surface area contributed by atoms with Crippen LogP contribution in [0, 0.1) is 0 Å². The van der Waals surface area contributed by atoms with Crippen LogP contribution in [0.1, 0.15) is 31.2 Å². The van der Waals surface area contributed by atoms with Gasteiger partial charge in [0.05, 0.1) is 0 Å². The van der Waals surface area contributed by atoms with Gasteiger partial charge in [-0.15, -0.1) is 0 Å². The standard InChI is InChI=1S/C30H36N4O2/c35-29(31-20-9-23-34-21-7-8-22-34)28(19-14-24-10-3-1-4-11-24)33-30(36)32-27-17-15-26(16-18-27)25-12-5-2-6-13-25/h1-6,10-13,15-18,28H,7-9,14,19-23H2,(H,31,35)(H2,32,33,36)/t28-/m0/s1. The molecule has 6 nitrogen and oxygen atoms in total. The van der Waals surface area contributed by atoms with Gasteiger partial charge in [-0.2, -0.15) is 0 Å². The maximum atomic E-state index is 13.0. The van der Waals surface area contributed by atoms with Crippen molar-refractivity contribution in [2.24, 2.45) is 0 Å². The number of aryl methyl sites for hydroxylation is 1. The van der Waals surface area contributed by atoms with Crippen molar-refractivity contribution >= 4 is 17.6 Å². The highest BCUT2D eigenvalue weighted by Gasteiger charge is 2.21. The molecule has 0 bridgehead atoms. The predicted molar refractivity (Wildman–Crippen MR) is 146 cm³/mol. The van der Waals surface area contributed by atoms with Gasteiger partial charge in [0.1, 0.15) is 6.04 Å². The molecule has 0 saturated carbocycles. The lowest BCUT2D eigenvalue weighted by Crippen LogP contribution is -2.48. The Kier molecular flexibility index (Phi) is 9.51. The van der Waals surface area contributed by atoms with Crippen molar-refractivity contribution in [3.05, 3.63) is 90.5 Å². The first-order valence-corrected chi connectivity index (χ1v) is 12.9. The molecule has 3 N–H and O–H groups in total. The highest BCUT2D eigenvalue weighted by Crippen LogP contribution is 2.21. The van der Waals surface area contributed by atoms with E-state index >= 15 is 0 Å². The summed E-state index contributed by atoms with van der Waals surface area (Å²) in [4.78, 5) is 28.2. The smallest absolute Gasteiger partial charge is 0.319 e. The number of nitrogens with one attached hydrogen (secondary N) is 3. The minimum absolute atomic E-state index is 0.137. The SMILES string of the molecule is O=C(Nc1ccc(-c2ccccc2)cc1)N[C@@H](CCc1ccccc1)C(=O)NCCCN1CCCC1. The lowest BCUT2D eigenvalue weighted by molar-refractivity contribution is -0.123. The van der Waals surface area contributed by atoms with Crippen LogP contribution < -0.4 is 16.0 Å². The average Bonchev–Trinajstić information content (AvgIpc) is 3.44. The second-order valence-corrected chi connectivity index (χ2v) is 9.31. The fraction of sp³-hybridized carbons (Fsp3) is 0.333. The molecule has 3 amide bonds. The maximum Gasteiger partial charge on any atom is 0.319 e. The molecule has 1 heterocycles. The first-order chi connectivity index (χ1) is 17.7. The zero-order valence-corrected chi connectivity index (χ0v) is 20.8. The summed E-state index contributed by atoms with van der Waals surface area (Å²) < 4.78 is 0. The number of urea groups is 1. The third-order valence-corrected chi connectivity index (χ3v) is 6.59. The number of hydrogen-bond acceptors (Lipinski definition) is 3. The van der Waals surface area contributed by atoms with Crippen molar-refractivity contribution < 1.29 is 9.59 Å². The normalized spacial score (nSPS) is 14.2. The molecule has 6 heteroatoms. The number of amides is 3. The number of likely N-dealkylation sites (tertiary alicyclic amines) is 1. The van der Waals surface area contributed by atoms with Gasteiger partial charge in [0, 0.05) is 12.2 Å². The summed E-state index contributed by atoms with van der Waals surface area (Å²) in [6.07, 6.45) is 4.68. The van der Waals surface area contributed by atoms with Crippen molar-refractivity contribution in [1.29, 1.82) is 0 Å². The maximum absolute atomic E-state index is 13.0. The Hall–Kier alpha value is -3.64. The lowest BCUT2D eigenvalue weighted by Gasteiger charge is -2.20. The highest BCUT2D eigenvalue weighted by molar-refractivity contribution is 5.93. The molecule has 3 aromatic carbocycles. The summed E-state index contributed by atoms with van der Waals surface area (Å²) in [7, 11) is 0. The summed E-state index contributed by atoms with van der Waals surface area (Å²) in [5.41, 5.74) is 4.02. The van der Waals surface area contributed by atoms with Crippen LogP contribution in [0.5, 0.6) is 0 Å². The quantitative estimate of drug-likeness (QED) is 0.332. The Bertz CT molecular complexity index is 1080. The zero-order chi connectivity index (χ0) is 25.0. The molecule has 1 aliphatic heterocycles. The molecule has 36 heavy (non-hydrogen) atoms. The largest absolute Gasteiger partial charge is 0.354 e. The number of carbonyl (C=O) groups is 2. The van der Waals surface area contributed by atoms with Crippen LogP contribution in [0.15, 0.2) is 84.9 Å². The third kappa shape index (κ3) is 7.95. The number of carbonyl (C=O) groups excluding carboxylic acids is 2. The molecule has 0 aromatic heterocycles. The minimum atomic E-state index is -0.611. The molecular weight excluding hydrogens is 448 g/mol. The zero-order valence-electron chi connectivity index (χ0n) is 20.8. The molecule has 0 radical (unpaired) electrons. The van der Waals surface area contributed by atoms with Crippen molar-refractivity contribution in [3.8, 4) is 11.1 Å². The van der Waals surface area contributed by atoms with E-state index in [1.807, 2.05) is 72.8 Å². The summed E-state index contributed by atoms with van der Waals surface area (Å²) in [6, 6.07) is 26.8. The summed E-state index contributed by atoms with van der Waals surface area (Å²) >= 11 is 0. The number of hydrogen-bond donors (Lipinski definition) is 3. The van der Waals surface area contributed by atoms with Crippen molar-refractivity contribution in [2.75, 3.05) is 31.5 Å². The van der Waals surface area contributed by atoms with Crippen LogP contribution in [0.25, 0.3) is 11.1 Å². The highest BCUT2D eigenvalue weighted by atomic mass is 16.2. The molecular formula is C30H36N4O2.